The Labute approximate surface area is 112 Å². The Morgan fingerprint density at radius 2 is 2.17 bits per heavy atom. The molecule has 0 radical (unpaired) electrons. The van der Waals surface area contributed by atoms with E-state index in [0.29, 0.717) is 6.04 Å². The normalized spacial score (nSPS) is 21.3. The van der Waals surface area contributed by atoms with Crippen LogP contribution in [-0.4, -0.2) is 63.5 Å². The first-order valence-electron chi connectivity index (χ1n) is 7.48. The lowest BCUT2D eigenvalue weighted by molar-refractivity contribution is -0.0196. The van der Waals surface area contributed by atoms with Crippen LogP contribution >= 0.6 is 0 Å². The van der Waals surface area contributed by atoms with Crippen LogP contribution in [0.2, 0.25) is 0 Å². The van der Waals surface area contributed by atoms with E-state index in [1.165, 1.54) is 19.3 Å². The molecule has 1 fully saturated rings. The number of rotatable bonds is 10. The highest BCUT2D eigenvalue weighted by Crippen LogP contribution is 2.06. The van der Waals surface area contributed by atoms with Crippen LogP contribution in [-0.2, 0) is 9.47 Å². The van der Waals surface area contributed by atoms with Crippen molar-refractivity contribution < 1.29 is 9.47 Å². The molecule has 0 saturated carbocycles. The van der Waals surface area contributed by atoms with Gasteiger partial charge in [0.25, 0.3) is 0 Å². The Kier molecular flexibility index (Phi) is 9.48. The van der Waals surface area contributed by atoms with E-state index < -0.39 is 0 Å². The molecule has 0 aromatic carbocycles. The summed E-state index contributed by atoms with van der Waals surface area (Å²) in [6, 6.07) is 0.514. The first kappa shape index (κ1) is 15.9. The molecule has 1 aliphatic heterocycles. The van der Waals surface area contributed by atoms with E-state index in [1.54, 1.807) is 0 Å². The summed E-state index contributed by atoms with van der Waals surface area (Å²) < 4.78 is 11.2. The fraction of sp³-hybridized carbons (Fsp3) is 1.00. The molecule has 4 nitrogen and oxygen atoms in total. The van der Waals surface area contributed by atoms with Crippen LogP contribution in [0.4, 0.5) is 0 Å². The molecular weight excluding hydrogens is 228 g/mol. The second-order valence-electron chi connectivity index (χ2n) is 4.93. The molecule has 18 heavy (non-hydrogen) atoms. The van der Waals surface area contributed by atoms with Gasteiger partial charge in [-0.05, 0) is 19.4 Å². The Hall–Kier alpha value is -0.160. The van der Waals surface area contributed by atoms with Crippen molar-refractivity contribution >= 4 is 0 Å². The van der Waals surface area contributed by atoms with Crippen LogP contribution in [0.15, 0.2) is 0 Å². The minimum Gasteiger partial charge on any atom is -0.380 e. The molecule has 1 saturated heterocycles. The van der Waals surface area contributed by atoms with E-state index >= 15 is 0 Å². The summed E-state index contributed by atoms with van der Waals surface area (Å²) in [6.07, 6.45) is 3.57. The lowest BCUT2D eigenvalue weighted by Gasteiger charge is -2.35. The van der Waals surface area contributed by atoms with Crippen molar-refractivity contribution in [1.29, 1.82) is 0 Å². The Balaban J connectivity index is 2.13. The zero-order chi connectivity index (χ0) is 13.1. The fourth-order valence-corrected chi connectivity index (χ4v) is 2.15. The number of ether oxygens (including phenoxy) is 2. The predicted octanol–water partition coefficient (Wildman–Crippen LogP) is 1.50. The highest BCUT2D eigenvalue weighted by atomic mass is 16.5. The van der Waals surface area contributed by atoms with Crippen molar-refractivity contribution in [2.75, 3.05) is 52.6 Å². The van der Waals surface area contributed by atoms with Crippen LogP contribution in [0.3, 0.4) is 0 Å². The molecule has 0 aromatic heterocycles. The first-order valence-corrected chi connectivity index (χ1v) is 7.48. The zero-order valence-electron chi connectivity index (χ0n) is 12.1. The van der Waals surface area contributed by atoms with Crippen LogP contribution in [0.25, 0.3) is 0 Å². The smallest absolute Gasteiger partial charge is 0.0634 e. The maximum Gasteiger partial charge on any atom is 0.0634 e. The second kappa shape index (κ2) is 10.7. The van der Waals surface area contributed by atoms with Crippen molar-refractivity contribution in [2.45, 2.75) is 39.2 Å². The van der Waals surface area contributed by atoms with Crippen LogP contribution in [0.5, 0.6) is 0 Å². The summed E-state index contributed by atoms with van der Waals surface area (Å²) in [4.78, 5) is 2.50. The van der Waals surface area contributed by atoms with E-state index in [0.717, 1.165) is 52.6 Å². The number of unbranched alkanes of at least 4 members (excludes halogenated alkanes) is 1. The van der Waals surface area contributed by atoms with Gasteiger partial charge in [-0.2, -0.15) is 0 Å². The predicted molar refractivity (Wildman–Crippen MR) is 75.1 cm³/mol. The number of hydrogen-bond donors (Lipinski definition) is 1. The summed E-state index contributed by atoms with van der Waals surface area (Å²) in [5.41, 5.74) is 0. The molecule has 1 aliphatic rings. The molecule has 0 amide bonds. The molecular formula is C14H30N2O2. The third kappa shape index (κ3) is 6.69. The van der Waals surface area contributed by atoms with Crippen LogP contribution in [0.1, 0.15) is 33.1 Å². The minimum atomic E-state index is 0.514. The molecule has 1 atom stereocenters. The highest BCUT2D eigenvalue weighted by molar-refractivity contribution is 4.77. The summed E-state index contributed by atoms with van der Waals surface area (Å²) >= 11 is 0. The van der Waals surface area contributed by atoms with Crippen LogP contribution in [0, 0.1) is 0 Å². The minimum absolute atomic E-state index is 0.514. The van der Waals surface area contributed by atoms with Gasteiger partial charge >= 0.3 is 0 Å². The van der Waals surface area contributed by atoms with Crippen molar-refractivity contribution in [3.8, 4) is 0 Å². The van der Waals surface area contributed by atoms with Gasteiger partial charge in [-0.15, -0.1) is 0 Å². The van der Waals surface area contributed by atoms with E-state index in [2.05, 4.69) is 24.1 Å². The zero-order valence-corrected chi connectivity index (χ0v) is 12.1. The number of nitrogens with zero attached hydrogens (tertiary/aromatic N) is 1. The molecule has 4 heteroatoms. The summed E-state index contributed by atoms with van der Waals surface area (Å²) in [6.45, 7) is 12.1. The van der Waals surface area contributed by atoms with Gasteiger partial charge < -0.3 is 14.8 Å². The second-order valence-corrected chi connectivity index (χ2v) is 4.93. The van der Waals surface area contributed by atoms with Gasteiger partial charge in [0.2, 0.25) is 0 Å². The largest absolute Gasteiger partial charge is 0.380 e. The average Bonchev–Trinajstić information content (AvgIpc) is 2.40. The fourth-order valence-electron chi connectivity index (χ4n) is 2.15. The van der Waals surface area contributed by atoms with Crippen molar-refractivity contribution in [3.05, 3.63) is 0 Å². The van der Waals surface area contributed by atoms with Gasteiger partial charge in [-0.3, -0.25) is 4.90 Å². The summed E-state index contributed by atoms with van der Waals surface area (Å²) in [5.74, 6) is 0. The molecule has 0 spiro atoms. The Morgan fingerprint density at radius 1 is 1.28 bits per heavy atom. The quantitative estimate of drug-likeness (QED) is 0.602. The topological polar surface area (TPSA) is 33.7 Å². The van der Waals surface area contributed by atoms with E-state index in [-0.39, 0.29) is 0 Å². The van der Waals surface area contributed by atoms with Crippen molar-refractivity contribution in [2.24, 2.45) is 0 Å². The molecule has 1 rings (SSSR count). The van der Waals surface area contributed by atoms with Gasteiger partial charge in [-0.25, -0.2) is 0 Å². The Morgan fingerprint density at radius 3 is 2.94 bits per heavy atom. The van der Waals surface area contributed by atoms with E-state index in [4.69, 9.17) is 9.47 Å². The van der Waals surface area contributed by atoms with Gasteiger partial charge in [0.15, 0.2) is 0 Å². The molecule has 1 heterocycles. The average molecular weight is 258 g/mol. The monoisotopic (exact) mass is 258 g/mol. The molecule has 0 aromatic rings. The maximum atomic E-state index is 5.65. The third-order valence-electron chi connectivity index (χ3n) is 3.32. The Bertz CT molecular complexity index is 191. The summed E-state index contributed by atoms with van der Waals surface area (Å²) in [5, 5.41) is 3.48. The van der Waals surface area contributed by atoms with Crippen molar-refractivity contribution in [1.82, 2.24) is 10.2 Å². The van der Waals surface area contributed by atoms with Crippen molar-refractivity contribution in [3.63, 3.8) is 0 Å². The first-order chi connectivity index (χ1) is 8.88. The lowest BCUT2D eigenvalue weighted by atomic mass is 10.2. The molecule has 1 N–H and O–H groups in total. The van der Waals surface area contributed by atoms with Gasteiger partial charge in [-0.1, -0.05) is 20.3 Å². The SMILES string of the molecule is CCCCOCCN1CCOCC1CNCCC. The van der Waals surface area contributed by atoms with Gasteiger partial charge in [0, 0.05) is 32.3 Å². The molecule has 108 valence electrons. The maximum absolute atomic E-state index is 5.65. The number of morpholine rings is 1. The molecule has 1 unspecified atom stereocenters. The third-order valence-corrected chi connectivity index (χ3v) is 3.32. The van der Waals surface area contributed by atoms with Gasteiger partial charge in [0.1, 0.15) is 0 Å². The van der Waals surface area contributed by atoms with E-state index in [9.17, 15) is 0 Å². The number of nitrogens with one attached hydrogen (secondary N) is 1. The molecule has 0 aliphatic carbocycles. The number of hydrogen-bond acceptors (Lipinski definition) is 4. The van der Waals surface area contributed by atoms with Crippen LogP contribution < -0.4 is 5.32 Å². The lowest BCUT2D eigenvalue weighted by Crippen LogP contribution is -2.51. The van der Waals surface area contributed by atoms with E-state index in [1.807, 2.05) is 0 Å². The standard InChI is InChI=1S/C14H30N2O2/c1-3-5-9-17-10-7-16-8-11-18-13-14(16)12-15-6-4-2/h14-15H,3-13H2,1-2H3. The molecule has 0 bridgehead atoms. The highest BCUT2D eigenvalue weighted by Gasteiger charge is 2.21. The van der Waals surface area contributed by atoms with Gasteiger partial charge in [0.05, 0.1) is 19.8 Å². The summed E-state index contributed by atoms with van der Waals surface area (Å²) in [7, 11) is 0.